The van der Waals surface area contributed by atoms with E-state index in [2.05, 4.69) is 10.4 Å². The molecule has 94 valence electrons. The number of carbonyl (C=O) groups excluding carboxylic acids is 1. The van der Waals surface area contributed by atoms with E-state index >= 15 is 0 Å². The second-order valence-electron chi connectivity index (χ2n) is 3.85. The van der Waals surface area contributed by atoms with Crippen molar-refractivity contribution in [1.82, 2.24) is 9.78 Å². The third kappa shape index (κ3) is 2.22. The van der Waals surface area contributed by atoms with Crippen molar-refractivity contribution in [3.05, 3.63) is 47.3 Å². The zero-order valence-corrected chi connectivity index (χ0v) is 9.87. The zero-order chi connectivity index (χ0) is 13.3. The van der Waals surface area contributed by atoms with Gasteiger partial charge >= 0.3 is 0 Å². The van der Waals surface area contributed by atoms with Crippen LogP contribution in [-0.2, 0) is 7.05 Å². The number of hydrogen-bond acceptors (Lipinski definition) is 2. The molecule has 0 aliphatic carbocycles. The van der Waals surface area contributed by atoms with Gasteiger partial charge in [-0.25, -0.2) is 8.78 Å². The Morgan fingerprint density at radius 2 is 1.94 bits per heavy atom. The fraction of sp³-hybridized carbons (Fsp3) is 0.167. The number of nitrogens with one attached hydrogen (secondary N) is 1. The van der Waals surface area contributed by atoms with Gasteiger partial charge in [-0.05, 0) is 25.1 Å². The number of halogens is 2. The normalized spacial score (nSPS) is 10.4. The first-order chi connectivity index (χ1) is 8.49. The smallest absolute Gasteiger partial charge is 0.276 e. The second kappa shape index (κ2) is 4.56. The molecule has 1 aromatic carbocycles. The van der Waals surface area contributed by atoms with E-state index in [0.29, 0.717) is 0 Å². The van der Waals surface area contributed by atoms with E-state index in [1.807, 2.05) is 0 Å². The van der Waals surface area contributed by atoms with Crippen molar-refractivity contribution in [2.45, 2.75) is 6.92 Å². The minimum atomic E-state index is -0.823. The van der Waals surface area contributed by atoms with Gasteiger partial charge in [0.15, 0.2) is 5.69 Å². The Bertz CT molecular complexity index is 568. The predicted octanol–water partition coefficient (Wildman–Crippen LogP) is 2.26. The summed E-state index contributed by atoms with van der Waals surface area (Å²) in [6.07, 6.45) is 0. The topological polar surface area (TPSA) is 46.9 Å². The number of amides is 1. The third-order valence-electron chi connectivity index (χ3n) is 2.55. The third-order valence-corrected chi connectivity index (χ3v) is 2.55. The van der Waals surface area contributed by atoms with Crippen LogP contribution in [0.2, 0.25) is 0 Å². The number of nitrogens with zero attached hydrogens (tertiary/aromatic N) is 2. The number of aryl methyl sites for hydroxylation is 2. The van der Waals surface area contributed by atoms with E-state index in [0.717, 1.165) is 17.8 Å². The Hall–Kier alpha value is -2.24. The summed E-state index contributed by atoms with van der Waals surface area (Å²) < 4.78 is 28.2. The van der Waals surface area contributed by atoms with Gasteiger partial charge in [-0.15, -0.1) is 0 Å². The van der Waals surface area contributed by atoms with Crippen LogP contribution in [0.15, 0.2) is 24.3 Å². The SMILES string of the molecule is Cc1cc(C(=O)Nc2c(F)cccc2F)nn1C. The maximum Gasteiger partial charge on any atom is 0.276 e. The number of carbonyl (C=O) groups is 1. The highest BCUT2D eigenvalue weighted by Crippen LogP contribution is 2.18. The lowest BCUT2D eigenvalue weighted by molar-refractivity contribution is 0.102. The van der Waals surface area contributed by atoms with E-state index in [1.165, 1.54) is 16.8 Å². The summed E-state index contributed by atoms with van der Waals surface area (Å²) in [5, 5.41) is 6.10. The minimum Gasteiger partial charge on any atom is -0.316 e. The molecular formula is C12H11F2N3O. The number of hydrogen-bond donors (Lipinski definition) is 1. The van der Waals surface area contributed by atoms with Gasteiger partial charge in [-0.1, -0.05) is 6.07 Å². The zero-order valence-electron chi connectivity index (χ0n) is 9.87. The summed E-state index contributed by atoms with van der Waals surface area (Å²) in [6.45, 7) is 1.77. The van der Waals surface area contributed by atoms with Crippen LogP contribution in [0.5, 0.6) is 0 Å². The Morgan fingerprint density at radius 3 is 2.44 bits per heavy atom. The highest BCUT2D eigenvalue weighted by Gasteiger charge is 2.15. The van der Waals surface area contributed by atoms with Crippen molar-refractivity contribution in [2.24, 2.45) is 7.05 Å². The summed E-state index contributed by atoms with van der Waals surface area (Å²) in [4.78, 5) is 11.8. The quantitative estimate of drug-likeness (QED) is 0.889. The van der Waals surface area contributed by atoms with Crippen molar-refractivity contribution in [1.29, 1.82) is 0 Å². The summed E-state index contributed by atoms with van der Waals surface area (Å²) in [5.41, 5.74) is 0.414. The van der Waals surface area contributed by atoms with Crippen LogP contribution in [0, 0.1) is 18.6 Å². The van der Waals surface area contributed by atoms with Crippen LogP contribution in [0.25, 0.3) is 0 Å². The standard InChI is InChI=1S/C12H11F2N3O/c1-7-6-10(16-17(7)2)12(18)15-11-8(13)4-3-5-9(11)14/h3-6H,1-2H3,(H,15,18). The molecule has 0 fully saturated rings. The highest BCUT2D eigenvalue weighted by atomic mass is 19.1. The van der Waals surface area contributed by atoms with Gasteiger partial charge in [0, 0.05) is 12.7 Å². The molecule has 1 aromatic heterocycles. The van der Waals surface area contributed by atoms with E-state index in [1.54, 1.807) is 14.0 Å². The highest BCUT2D eigenvalue weighted by molar-refractivity contribution is 6.03. The summed E-state index contributed by atoms with van der Waals surface area (Å²) in [6, 6.07) is 4.91. The molecule has 1 heterocycles. The van der Waals surface area contributed by atoms with Crippen molar-refractivity contribution in [3.8, 4) is 0 Å². The number of aromatic nitrogens is 2. The monoisotopic (exact) mass is 251 g/mol. The minimum absolute atomic E-state index is 0.109. The lowest BCUT2D eigenvalue weighted by Crippen LogP contribution is -2.15. The molecule has 0 aliphatic rings. The number of para-hydroxylation sites is 1. The fourth-order valence-corrected chi connectivity index (χ4v) is 1.47. The molecule has 4 nitrogen and oxygen atoms in total. The second-order valence-corrected chi connectivity index (χ2v) is 3.85. The molecule has 0 spiro atoms. The molecule has 1 amide bonds. The van der Waals surface area contributed by atoms with Gasteiger partial charge in [-0.2, -0.15) is 5.10 Å². The van der Waals surface area contributed by atoms with Crippen molar-refractivity contribution < 1.29 is 13.6 Å². The lowest BCUT2D eigenvalue weighted by atomic mass is 10.2. The van der Waals surface area contributed by atoms with Crippen LogP contribution in [-0.4, -0.2) is 15.7 Å². The van der Waals surface area contributed by atoms with Crippen molar-refractivity contribution in [3.63, 3.8) is 0 Å². The van der Waals surface area contributed by atoms with Gasteiger partial charge < -0.3 is 5.32 Å². The van der Waals surface area contributed by atoms with Gasteiger partial charge in [0.05, 0.1) is 0 Å². The first-order valence-corrected chi connectivity index (χ1v) is 5.25. The molecule has 18 heavy (non-hydrogen) atoms. The largest absolute Gasteiger partial charge is 0.316 e. The average Bonchev–Trinajstić information content (AvgIpc) is 2.64. The van der Waals surface area contributed by atoms with Crippen LogP contribution < -0.4 is 5.32 Å². The maximum absolute atomic E-state index is 13.3. The Kier molecular flexibility index (Phi) is 3.10. The molecule has 0 atom stereocenters. The van der Waals surface area contributed by atoms with Crippen LogP contribution >= 0.6 is 0 Å². The molecule has 0 aliphatic heterocycles. The van der Waals surface area contributed by atoms with E-state index < -0.39 is 23.2 Å². The van der Waals surface area contributed by atoms with Gasteiger partial charge in [0.2, 0.25) is 0 Å². The Labute approximate surface area is 102 Å². The molecule has 2 rings (SSSR count). The Morgan fingerprint density at radius 1 is 1.33 bits per heavy atom. The summed E-state index contributed by atoms with van der Waals surface area (Å²) in [5.74, 6) is -2.30. The molecule has 0 saturated carbocycles. The summed E-state index contributed by atoms with van der Waals surface area (Å²) >= 11 is 0. The molecule has 2 aromatic rings. The molecule has 6 heteroatoms. The predicted molar refractivity (Wildman–Crippen MR) is 62.3 cm³/mol. The molecule has 0 bridgehead atoms. The van der Waals surface area contributed by atoms with Crippen molar-refractivity contribution in [2.75, 3.05) is 5.32 Å². The first kappa shape index (κ1) is 12.2. The van der Waals surface area contributed by atoms with Gasteiger partial charge in [0.25, 0.3) is 5.91 Å². The summed E-state index contributed by atoms with van der Waals surface area (Å²) in [7, 11) is 1.68. The Balaban J connectivity index is 2.27. The lowest BCUT2D eigenvalue weighted by Gasteiger charge is -2.05. The molecule has 1 N–H and O–H groups in total. The maximum atomic E-state index is 13.3. The van der Waals surface area contributed by atoms with E-state index in [-0.39, 0.29) is 5.69 Å². The molecule has 0 saturated heterocycles. The number of anilines is 1. The van der Waals surface area contributed by atoms with E-state index in [4.69, 9.17) is 0 Å². The van der Waals surface area contributed by atoms with Crippen LogP contribution in [0.4, 0.5) is 14.5 Å². The number of benzene rings is 1. The van der Waals surface area contributed by atoms with Gasteiger partial charge in [-0.3, -0.25) is 9.48 Å². The van der Waals surface area contributed by atoms with Gasteiger partial charge in [0.1, 0.15) is 17.3 Å². The van der Waals surface area contributed by atoms with Crippen LogP contribution in [0.1, 0.15) is 16.2 Å². The fourth-order valence-electron chi connectivity index (χ4n) is 1.47. The number of rotatable bonds is 2. The van der Waals surface area contributed by atoms with Crippen LogP contribution in [0.3, 0.4) is 0 Å². The van der Waals surface area contributed by atoms with Crippen molar-refractivity contribution >= 4 is 11.6 Å². The van der Waals surface area contributed by atoms with E-state index in [9.17, 15) is 13.6 Å². The molecule has 0 unspecified atom stereocenters. The molecular weight excluding hydrogens is 240 g/mol. The molecule has 0 radical (unpaired) electrons. The first-order valence-electron chi connectivity index (χ1n) is 5.25. The average molecular weight is 251 g/mol.